The molecule has 1 atom stereocenters. The molecular formula is C20H23N2O6P. The molecule has 154 valence electrons. The molecule has 0 amide bonds. The highest BCUT2D eigenvalue weighted by atomic mass is 31.2. The average molecular weight is 418 g/mol. The number of nitro groups is 1. The summed E-state index contributed by atoms with van der Waals surface area (Å²) in [6.45, 7) is 0.388. The summed E-state index contributed by atoms with van der Waals surface area (Å²) in [4.78, 5) is 22.4. The molecule has 2 aromatic carbocycles. The zero-order chi connectivity index (χ0) is 20.5. The van der Waals surface area contributed by atoms with Crippen molar-refractivity contribution >= 4 is 20.2 Å². The Morgan fingerprint density at radius 2 is 1.66 bits per heavy atom. The molecular weight excluding hydrogens is 395 g/mol. The highest BCUT2D eigenvalue weighted by Gasteiger charge is 2.20. The number of rotatable bonds is 10. The third-order valence-corrected chi connectivity index (χ3v) is 5.64. The molecule has 1 aliphatic carbocycles. The summed E-state index contributed by atoms with van der Waals surface area (Å²) in [6.07, 6.45) is 4.60. The maximum atomic E-state index is 12.1. The Labute approximate surface area is 170 Å². The van der Waals surface area contributed by atoms with Gasteiger partial charge in [-0.1, -0.05) is 31.0 Å². The second-order valence-electron chi connectivity index (χ2n) is 6.67. The first-order chi connectivity index (χ1) is 14.1. The second-order valence-corrected chi connectivity index (χ2v) is 7.87. The minimum absolute atomic E-state index is 0.0332. The Hall–Kier alpha value is -2.70. The predicted octanol–water partition coefficient (Wildman–Crippen LogP) is 4.60. The van der Waals surface area contributed by atoms with Gasteiger partial charge in [-0.3, -0.25) is 14.9 Å². The van der Waals surface area contributed by atoms with Crippen LogP contribution in [0.4, 0.5) is 5.69 Å². The van der Waals surface area contributed by atoms with E-state index in [1.54, 1.807) is 12.1 Å². The molecule has 0 heterocycles. The molecule has 0 bridgehead atoms. The van der Waals surface area contributed by atoms with Crippen molar-refractivity contribution in [3.63, 3.8) is 0 Å². The van der Waals surface area contributed by atoms with E-state index in [9.17, 15) is 14.9 Å². The van der Waals surface area contributed by atoms with Crippen LogP contribution in [0.2, 0.25) is 0 Å². The Bertz CT molecular complexity index is 796. The van der Waals surface area contributed by atoms with Gasteiger partial charge in [0, 0.05) is 12.1 Å². The quantitative estimate of drug-likeness (QED) is 0.260. The zero-order valence-corrected chi connectivity index (χ0v) is 16.8. The summed E-state index contributed by atoms with van der Waals surface area (Å²) in [5.41, 5.74) is -0.0332. The van der Waals surface area contributed by atoms with Crippen molar-refractivity contribution in [3.05, 3.63) is 64.7 Å². The average Bonchev–Trinajstić information content (AvgIpc) is 3.25. The third kappa shape index (κ3) is 7.00. The first-order valence-corrected chi connectivity index (χ1v) is 10.6. The van der Waals surface area contributed by atoms with E-state index in [-0.39, 0.29) is 18.2 Å². The van der Waals surface area contributed by atoms with Crippen LogP contribution in [0.1, 0.15) is 25.7 Å². The molecule has 0 aromatic heterocycles. The van der Waals surface area contributed by atoms with Crippen LogP contribution >= 0.6 is 8.53 Å². The van der Waals surface area contributed by atoms with Crippen LogP contribution in [-0.2, 0) is 9.53 Å². The number of hydrogen-bond acceptors (Lipinski definition) is 7. The molecule has 3 rings (SSSR count). The van der Waals surface area contributed by atoms with Crippen molar-refractivity contribution in [1.29, 1.82) is 0 Å². The van der Waals surface area contributed by atoms with E-state index in [1.807, 2.05) is 18.2 Å². The minimum atomic E-state index is -1.71. The molecule has 1 saturated carbocycles. The number of non-ortho nitro benzene ring substituents is 1. The van der Waals surface area contributed by atoms with Crippen molar-refractivity contribution in [2.45, 2.75) is 25.7 Å². The minimum Gasteiger partial charge on any atom is -0.464 e. The van der Waals surface area contributed by atoms with Gasteiger partial charge >= 0.3 is 14.5 Å². The number of carbonyl (C=O) groups is 1. The molecule has 29 heavy (non-hydrogen) atoms. The number of nitro benzene ring substituents is 1. The Balaban J connectivity index is 1.56. The number of benzene rings is 2. The normalized spacial score (nSPS) is 14.9. The summed E-state index contributed by atoms with van der Waals surface area (Å²) >= 11 is 0. The number of nitrogens with zero attached hydrogens (tertiary/aromatic N) is 1. The molecule has 8 nitrogen and oxygen atoms in total. The van der Waals surface area contributed by atoms with Gasteiger partial charge in [-0.2, -0.15) is 0 Å². The highest BCUT2D eigenvalue weighted by Crippen LogP contribution is 2.37. The van der Waals surface area contributed by atoms with Gasteiger partial charge in [0.1, 0.15) is 18.0 Å². The maximum Gasteiger partial charge on any atom is 0.382 e. The Morgan fingerprint density at radius 1 is 1.03 bits per heavy atom. The molecule has 0 radical (unpaired) electrons. The summed E-state index contributed by atoms with van der Waals surface area (Å²) in [6, 6.07) is 14.7. The molecule has 0 aliphatic heterocycles. The van der Waals surface area contributed by atoms with Crippen LogP contribution < -0.4 is 14.1 Å². The highest BCUT2D eigenvalue weighted by molar-refractivity contribution is 7.45. The molecule has 0 saturated heterocycles. The van der Waals surface area contributed by atoms with E-state index >= 15 is 0 Å². The first-order valence-electron chi connectivity index (χ1n) is 9.45. The van der Waals surface area contributed by atoms with Gasteiger partial charge < -0.3 is 13.8 Å². The van der Waals surface area contributed by atoms with Crippen LogP contribution in [0.15, 0.2) is 54.6 Å². The molecule has 1 N–H and O–H groups in total. The topological polar surface area (TPSA) is 99.9 Å². The summed E-state index contributed by atoms with van der Waals surface area (Å²) in [5, 5.41) is 13.7. The Kier molecular flexibility index (Phi) is 7.78. The van der Waals surface area contributed by atoms with Gasteiger partial charge in [-0.25, -0.2) is 5.09 Å². The van der Waals surface area contributed by atoms with Crippen LogP contribution in [0.25, 0.3) is 0 Å². The molecule has 1 unspecified atom stereocenters. The lowest BCUT2D eigenvalue weighted by Gasteiger charge is -2.19. The van der Waals surface area contributed by atoms with Crippen molar-refractivity contribution in [2.75, 3.05) is 13.2 Å². The van der Waals surface area contributed by atoms with E-state index in [4.69, 9.17) is 13.8 Å². The summed E-state index contributed by atoms with van der Waals surface area (Å²) in [5.74, 6) is 1.06. The third-order valence-electron chi connectivity index (χ3n) is 4.47. The Morgan fingerprint density at radius 3 is 2.28 bits per heavy atom. The lowest BCUT2D eigenvalue weighted by Crippen LogP contribution is -2.25. The van der Waals surface area contributed by atoms with Gasteiger partial charge in [0.15, 0.2) is 0 Å². The fourth-order valence-electron chi connectivity index (χ4n) is 2.95. The van der Waals surface area contributed by atoms with Gasteiger partial charge in [0.05, 0.1) is 11.5 Å². The predicted molar refractivity (Wildman–Crippen MR) is 109 cm³/mol. The smallest absolute Gasteiger partial charge is 0.382 e. The first kappa shape index (κ1) is 21.0. The van der Waals surface area contributed by atoms with Crippen LogP contribution in [0.3, 0.4) is 0 Å². The van der Waals surface area contributed by atoms with Crippen molar-refractivity contribution < 1.29 is 23.5 Å². The number of para-hydroxylation sites is 1. The van der Waals surface area contributed by atoms with Crippen molar-refractivity contribution in [1.82, 2.24) is 5.09 Å². The van der Waals surface area contributed by atoms with Crippen LogP contribution in [0.5, 0.6) is 11.5 Å². The lowest BCUT2D eigenvalue weighted by atomic mass is 10.1. The monoisotopic (exact) mass is 418 g/mol. The van der Waals surface area contributed by atoms with Gasteiger partial charge in [-0.15, -0.1) is 0 Å². The number of nitrogens with one attached hydrogen (secondary N) is 1. The van der Waals surface area contributed by atoms with Crippen LogP contribution in [-0.4, -0.2) is 24.0 Å². The van der Waals surface area contributed by atoms with Gasteiger partial charge in [0.2, 0.25) is 0 Å². The van der Waals surface area contributed by atoms with E-state index in [2.05, 4.69) is 5.09 Å². The summed E-state index contributed by atoms with van der Waals surface area (Å²) in [7, 11) is -1.71. The van der Waals surface area contributed by atoms with Crippen LogP contribution in [0, 0.1) is 16.0 Å². The number of carbonyl (C=O) groups excluding carboxylic acids is 1. The standard InChI is InChI=1S/C20H23N2O6P/c23-20(26-15-16-6-4-5-7-16)14-21-29(27-18-8-2-1-3-9-18)28-19-12-10-17(11-13-19)22(24)25/h1-3,8-13,16,21H,4-7,14-15H2. The SMILES string of the molecule is O=C(CNP(Oc1ccccc1)Oc1ccc([N+](=O)[O-])cc1)OCC1CCCC1. The summed E-state index contributed by atoms with van der Waals surface area (Å²) < 4.78 is 16.9. The number of hydrogen-bond donors (Lipinski definition) is 1. The maximum absolute atomic E-state index is 12.1. The molecule has 1 fully saturated rings. The van der Waals surface area contributed by atoms with E-state index in [1.165, 1.54) is 37.1 Å². The van der Waals surface area contributed by atoms with E-state index in [0.29, 0.717) is 24.0 Å². The largest absolute Gasteiger partial charge is 0.464 e. The number of ether oxygens (including phenoxy) is 1. The molecule has 9 heteroatoms. The fourth-order valence-corrected chi connectivity index (χ4v) is 4.00. The molecule has 1 aliphatic rings. The van der Waals surface area contributed by atoms with E-state index < -0.39 is 13.4 Å². The number of esters is 1. The van der Waals surface area contributed by atoms with E-state index in [0.717, 1.165) is 12.8 Å². The molecule has 0 spiro atoms. The lowest BCUT2D eigenvalue weighted by molar-refractivity contribution is -0.384. The van der Waals surface area contributed by atoms with Gasteiger partial charge in [0.25, 0.3) is 5.69 Å². The molecule has 2 aromatic rings. The zero-order valence-electron chi connectivity index (χ0n) is 15.9. The second kappa shape index (κ2) is 10.7. The van der Waals surface area contributed by atoms with Crippen molar-refractivity contribution in [2.24, 2.45) is 5.92 Å². The van der Waals surface area contributed by atoms with Gasteiger partial charge in [-0.05, 0) is 43.0 Å². The van der Waals surface area contributed by atoms with Crippen molar-refractivity contribution in [3.8, 4) is 11.5 Å². The fraction of sp³-hybridized carbons (Fsp3) is 0.350.